The molecule has 0 saturated carbocycles. The number of pyridine rings is 1. The highest BCUT2D eigenvalue weighted by atomic mass is 79.9. The number of fused-ring (bicyclic) bond motifs is 1. The lowest BCUT2D eigenvalue weighted by Gasteiger charge is -2.07. The number of benzene rings is 2. The first-order valence-electron chi connectivity index (χ1n) is 8.20. The summed E-state index contributed by atoms with van der Waals surface area (Å²) in [6.45, 7) is 0. The molecule has 0 radical (unpaired) electrons. The molecule has 0 fully saturated rings. The van der Waals surface area contributed by atoms with E-state index in [2.05, 4.69) is 31.9 Å². The molecular formula is C21H14Br2N2O2. The topological polar surface area (TPSA) is 43.6 Å². The predicted octanol–water partition coefficient (Wildman–Crippen LogP) is 5.77. The van der Waals surface area contributed by atoms with E-state index in [0.29, 0.717) is 28.3 Å². The van der Waals surface area contributed by atoms with Crippen molar-refractivity contribution >= 4 is 43.3 Å². The van der Waals surface area contributed by atoms with Gasteiger partial charge in [-0.15, -0.1) is 0 Å². The van der Waals surface area contributed by atoms with Crippen molar-refractivity contribution < 1.29 is 9.53 Å². The lowest BCUT2D eigenvalue weighted by molar-refractivity contribution is 0.103. The zero-order chi connectivity index (χ0) is 19.0. The lowest BCUT2D eigenvalue weighted by Crippen LogP contribution is -2.07. The maximum atomic E-state index is 13.4. The Morgan fingerprint density at radius 2 is 1.74 bits per heavy atom. The molecule has 4 aromatic rings. The van der Waals surface area contributed by atoms with Gasteiger partial charge in [0.1, 0.15) is 17.1 Å². The summed E-state index contributed by atoms with van der Waals surface area (Å²) in [6, 6.07) is 18.7. The molecular weight excluding hydrogens is 472 g/mol. The van der Waals surface area contributed by atoms with Gasteiger partial charge in [-0.3, -0.25) is 9.20 Å². The average molecular weight is 486 g/mol. The molecule has 0 amide bonds. The van der Waals surface area contributed by atoms with Crippen LogP contribution in [0.1, 0.15) is 16.1 Å². The Bertz CT molecular complexity index is 1140. The number of ether oxygens (including phenoxy) is 1. The Morgan fingerprint density at radius 3 is 2.41 bits per heavy atom. The van der Waals surface area contributed by atoms with Gasteiger partial charge in [0.05, 0.1) is 11.6 Å². The number of imidazole rings is 1. The number of methoxy groups -OCH3 is 1. The van der Waals surface area contributed by atoms with Crippen LogP contribution in [-0.2, 0) is 0 Å². The molecule has 27 heavy (non-hydrogen) atoms. The molecule has 0 aliphatic rings. The fourth-order valence-corrected chi connectivity index (χ4v) is 4.23. The van der Waals surface area contributed by atoms with E-state index in [1.807, 2.05) is 47.0 Å². The van der Waals surface area contributed by atoms with Crippen LogP contribution in [0, 0.1) is 0 Å². The van der Waals surface area contributed by atoms with E-state index in [9.17, 15) is 4.79 Å². The molecule has 0 N–H and O–H groups in total. The average Bonchev–Trinajstić information content (AvgIpc) is 3.08. The van der Waals surface area contributed by atoms with Gasteiger partial charge in [-0.05, 0) is 62.2 Å². The first-order valence-corrected chi connectivity index (χ1v) is 9.78. The van der Waals surface area contributed by atoms with Crippen molar-refractivity contribution in [2.75, 3.05) is 7.11 Å². The van der Waals surface area contributed by atoms with Crippen molar-refractivity contribution in [3.05, 3.63) is 87.1 Å². The number of hydrogen-bond donors (Lipinski definition) is 0. The number of halogens is 2. The molecule has 0 atom stereocenters. The Kier molecular flexibility index (Phi) is 4.85. The molecule has 6 heteroatoms. The zero-order valence-corrected chi connectivity index (χ0v) is 17.5. The summed E-state index contributed by atoms with van der Waals surface area (Å²) < 4.78 is 8.67. The largest absolute Gasteiger partial charge is 0.497 e. The molecule has 4 nitrogen and oxygen atoms in total. The van der Waals surface area contributed by atoms with Crippen molar-refractivity contribution in [3.8, 4) is 17.0 Å². The standard InChI is InChI=1S/C21H14Br2N2O2/c1-27-16-9-7-14(8-10-16)20(26)19-18(13-5-3-2-4-6-13)24-21-17(23)11-15(22)12-25(19)21/h2-12H,1H3. The van der Waals surface area contributed by atoms with Crippen molar-refractivity contribution in [2.24, 2.45) is 0 Å². The molecule has 0 aliphatic carbocycles. The fraction of sp³-hybridized carbons (Fsp3) is 0.0476. The maximum absolute atomic E-state index is 13.4. The van der Waals surface area contributed by atoms with Crippen molar-refractivity contribution in [1.82, 2.24) is 9.38 Å². The van der Waals surface area contributed by atoms with E-state index in [0.717, 1.165) is 14.5 Å². The second-order valence-corrected chi connectivity index (χ2v) is 7.70. The Hall–Kier alpha value is -2.44. The van der Waals surface area contributed by atoms with Crippen molar-refractivity contribution in [2.45, 2.75) is 0 Å². The van der Waals surface area contributed by atoms with Crippen LogP contribution >= 0.6 is 31.9 Å². The normalized spacial score (nSPS) is 10.9. The second-order valence-electron chi connectivity index (χ2n) is 5.93. The molecule has 0 saturated heterocycles. The van der Waals surface area contributed by atoms with E-state index in [1.54, 1.807) is 31.4 Å². The van der Waals surface area contributed by atoms with Gasteiger partial charge in [-0.25, -0.2) is 4.98 Å². The van der Waals surface area contributed by atoms with Crippen LogP contribution in [0.5, 0.6) is 5.75 Å². The summed E-state index contributed by atoms with van der Waals surface area (Å²) in [5.74, 6) is 0.604. The number of carbonyl (C=O) groups is 1. The summed E-state index contributed by atoms with van der Waals surface area (Å²) in [6.07, 6.45) is 1.86. The van der Waals surface area contributed by atoms with E-state index < -0.39 is 0 Å². The molecule has 0 aliphatic heterocycles. The molecule has 2 aromatic carbocycles. The monoisotopic (exact) mass is 484 g/mol. The van der Waals surface area contributed by atoms with Gasteiger partial charge in [0.15, 0.2) is 5.65 Å². The van der Waals surface area contributed by atoms with Gasteiger partial charge < -0.3 is 4.74 Å². The van der Waals surface area contributed by atoms with E-state index >= 15 is 0 Å². The summed E-state index contributed by atoms with van der Waals surface area (Å²) in [4.78, 5) is 18.2. The Labute approximate surface area is 173 Å². The van der Waals surface area contributed by atoms with Crippen molar-refractivity contribution in [1.29, 1.82) is 0 Å². The first kappa shape index (κ1) is 17.9. The Morgan fingerprint density at radius 1 is 1.04 bits per heavy atom. The van der Waals surface area contributed by atoms with Gasteiger partial charge >= 0.3 is 0 Å². The van der Waals surface area contributed by atoms with Gasteiger partial charge in [0.2, 0.25) is 5.78 Å². The van der Waals surface area contributed by atoms with Crippen LogP contribution in [0.25, 0.3) is 16.9 Å². The third kappa shape index (κ3) is 3.31. The van der Waals surface area contributed by atoms with Crippen molar-refractivity contribution in [3.63, 3.8) is 0 Å². The number of aromatic nitrogens is 2. The van der Waals surface area contributed by atoms with Crippen LogP contribution in [0.3, 0.4) is 0 Å². The van der Waals surface area contributed by atoms with Crippen LogP contribution < -0.4 is 4.74 Å². The third-order valence-corrected chi connectivity index (χ3v) is 5.27. The van der Waals surface area contributed by atoms with Crippen LogP contribution in [0.15, 0.2) is 75.8 Å². The second kappa shape index (κ2) is 7.29. The third-order valence-electron chi connectivity index (χ3n) is 4.26. The summed E-state index contributed by atoms with van der Waals surface area (Å²) in [5.41, 5.74) is 3.32. The number of ketones is 1. The lowest BCUT2D eigenvalue weighted by atomic mass is 10.0. The van der Waals surface area contributed by atoms with Gasteiger partial charge in [-0.1, -0.05) is 30.3 Å². The summed E-state index contributed by atoms with van der Waals surface area (Å²) in [7, 11) is 1.60. The molecule has 0 unspecified atom stereocenters. The molecule has 2 heterocycles. The number of hydrogen-bond acceptors (Lipinski definition) is 3. The van der Waals surface area contributed by atoms with Crippen LogP contribution in [0.4, 0.5) is 0 Å². The SMILES string of the molecule is COc1ccc(C(=O)c2c(-c3ccccc3)nc3c(Br)cc(Br)cn23)cc1. The molecule has 0 bridgehead atoms. The first-order chi connectivity index (χ1) is 13.1. The highest BCUT2D eigenvalue weighted by Crippen LogP contribution is 2.31. The zero-order valence-electron chi connectivity index (χ0n) is 14.3. The minimum Gasteiger partial charge on any atom is -0.497 e. The van der Waals surface area contributed by atoms with Gasteiger partial charge in [0.25, 0.3) is 0 Å². The molecule has 134 valence electrons. The Balaban J connectivity index is 1.97. The van der Waals surface area contributed by atoms with E-state index in [4.69, 9.17) is 9.72 Å². The van der Waals surface area contributed by atoms with Crippen LogP contribution in [0.2, 0.25) is 0 Å². The maximum Gasteiger partial charge on any atom is 0.212 e. The number of carbonyl (C=O) groups excluding carboxylic acids is 1. The smallest absolute Gasteiger partial charge is 0.212 e. The van der Waals surface area contributed by atoms with Gasteiger partial charge in [-0.2, -0.15) is 0 Å². The minimum absolute atomic E-state index is 0.103. The summed E-state index contributed by atoms with van der Waals surface area (Å²) in [5, 5.41) is 0. The number of nitrogens with zero attached hydrogens (tertiary/aromatic N) is 2. The fourth-order valence-electron chi connectivity index (χ4n) is 2.97. The molecule has 4 rings (SSSR count). The highest BCUT2D eigenvalue weighted by Gasteiger charge is 2.23. The minimum atomic E-state index is -0.103. The van der Waals surface area contributed by atoms with E-state index in [1.165, 1.54) is 0 Å². The molecule has 0 spiro atoms. The quantitative estimate of drug-likeness (QED) is 0.345. The highest BCUT2D eigenvalue weighted by molar-refractivity contribution is 9.11. The van der Waals surface area contributed by atoms with E-state index in [-0.39, 0.29) is 5.78 Å². The number of rotatable bonds is 4. The predicted molar refractivity (Wildman–Crippen MR) is 112 cm³/mol. The summed E-state index contributed by atoms with van der Waals surface area (Å²) >= 11 is 7.05. The molecule has 2 aromatic heterocycles. The van der Waals surface area contributed by atoms with Crippen LogP contribution in [-0.4, -0.2) is 22.3 Å². The van der Waals surface area contributed by atoms with Gasteiger partial charge in [0, 0.05) is 21.8 Å².